The Morgan fingerprint density at radius 2 is 1.93 bits per heavy atom. The summed E-state index contributed by atoms with van der Waals surface area (Å²) < 4.78 is 0. The van der Waals surface area contributed by atoms with E-state index in [9.17, 15) is 14.7 Å². The molecular formula is C21H22N2O3S. The minimum Gasteiger partial charge on any atom is -0.481 e. The number of hydrogen-bond acceptors (Lipinski definition) is 4. The number of nitrogens with zero attached hydrogens (tertiary/aromatic N) is 1. The Kier molecular flexibility index (Phi) is 7.90. The fourth-order valence-corrected chi connectivity index (χ4v) is 3.41. The molecule has 0 spiro atoms. The molecule has 0 fully saturated rings. The van der Waals surface area contributed by atoms with E-state index in [1.54, 1.807) is 12.1 Å². The predicted molar refractivity (Wildman–Crippen MR) is 106 cm³/mol. The molecule has 0 radical (unpaired) electrons. The van der Waals surface area contributed by atoms with E-state index >= 15 is 0 Å². The van der Waals surface area contributed by atoms with Crippen LogP contribution in [0.5, 0.6) is 0 Å². The van der Waals surface area contributed by atoms with Crippen LogP contribution in [0.25, 0.3) is 0 Å². The molecule has 27 heavy (non-hydrogen) atoms. The molecule has 2 N–H and O–H groups in total. The average Bonchev–Trinajstić information content (AvgIpc) is 2.65. The van der Waals surface area contributed by atoms with E-state index < -0.39 is 11.9 Å². The molecule has 0 heterocycles. The number of carbonyl (C=O) groups is 2. The van der Waals surface area contributed by atoms with Gasteiger partial charge in [-0.2, -0.15) is 5.26 Å². The Bertz CT molecular complexity index is 828. The Morgan fingerprint density at radius 3 is 2.56 bits per heavy atom. The van der Waals surface area contributed by atoms with Crippen molar-refractivity contribution in [2.24, 2.45) is 5.92 Å². The highest BCUT2D eigenvalue weighted by Gasteiger charge is 2.19. The fraction of sp³-hybridized carbons (Fsp3) is 0.286. The number of thioether (sulfide) groups is 1. The van der Waals surface area contributed by atoms with Gasteiger partial charge in [0.2, 0.25) is 5.91 Å². The van der Waals surface area contributed by atoms with Gasteiger partial charge in [-0.15, -0.1) is 11.8 Å². The molecule has 0 saturated carbocycles. The van der Waals surface area contributed by atoms with Crippen LogP contribution in [0.4, 0.5) is 0 Å². The summed E-state index contributed by atoms with van der Waals surface area (Å²) in [7, 11) is 0. The summed E-state index contributed by atoms with van der Waals surface area (Å²) in [5.41, 5.74) is 3.68. The average molecular weight is 382 g/mol. The van der Waals surface area contributed by atoms with Crippen LogP contribution in [-0.2, 0) is 21.8 Å². The van der Waals surface area contributed by atoms with E-state index in [0.717, 1.165) is 16.7 Å². The van der Waals surface area contributed by atoms with Crippen molar-refractivity contribution < 1.29 is 14.7 Å². The lowest BCUT2D eigenvalue weighted by atomic mass is 9.98. The lowest BCUT2D eigenvalue weighted by Crippen LogP contribution is -2.35. The molecule has 0 aliphatic rings. The topological polar surface area (TPSA) is 90.2 Å². The van der Waals surface area contributed by atoms with Gasteiger partial charge < -0.3 is 10.4 Å². The molecule has 0 bridgehead atoms. The van der Waals surface area contributed by atoms with Gasteiger partial charge in [-0.1, -0.05) is 42.0 Å². The second-order valence-corrected chi connectivity index (χ2v) is 7.32. The molecule has 5 nitrogen and oxygen atoms in total. The molecule has 2 rings (SSSR count). The number of aliphatic carboxylic acids is 1. The third-order valence-corrected chi connectivity index (χ3v) is 5.05. The van der Waals surface area contributed by atoms with Gasteiger partial charge in [-0.3, -0.25) is 9.59 Å². The van der Waals surface area contributed by atoms with E-state index in [0.29, 0.717) is 17.7 Å². The summed E-state index contributed by atoms with van der Waals surface area (Å²) in [6.45, 7) is 2.08. The number of nitriles is 1. The van der Waals surface area contributed by atoms with Crippen molar-refractivity contribution in [1.29, 1.82) is 5.26 Å². The first-order valence-corrected chi connectivity index (χ1v) is 9.75. The number of carbonyl (C=O) groups excluding carboxylic acids is 1. The monoisotopic (exact) mass is 382 g/mol. The Balaban J connectivity index is 1.76. The maximum Gasteiger partial charge on any atom is 0.308 e. The standard InChI is InChI=1S/C21H22N2O3S/c1-15-3-2-4-18(9-15)10-19(21(25)26)12-23-20(24)14-27-13-17-7-5-16(11-22)6-8-17/h2-9,19H,10,12-14H2,1H3,(H,23,24)(H,25,26). The van der Waals surface area contributed by atoms with Crippen LogP contribution in [0.2, 0.25) is 0 Å². The number of nitrogens with one attached hydrogen (secondary N) is 1. The molecule has 1 amide bonds. The molecule has 6 heteroatoms. The smallest absolute Gasteiger partial charge is 0.308 e. The molecular weight excluding hydrogens is 360 g/mol. The minimum atomic E-state index is -0.915. The van der Waals surface area contributed by atoms with Crippen molar-refractivity contribution in [1.82, 2.24) is 5.32 Å². The number of aryl methyl sites for hydroxylation is 1. The third kappa shape index (κ3) is 7.16. The van der Waals surface area contributed by atoms with Crippen LogP contribution in [0.3, 0.4) is 0 Å². The third-order valence-electron chi connectivity index (χ3n) is 4.04. The molecule has 0 aliphatic heterocycles. The van der Waals surface area contributed by atoms with E-state index in [1.165, 1.54) is 11.8 Å². The minimum absolute atomic E-state index is 0.111. The van der Waals surface area contributed by atoms with Crippen LogP contribution >= 0.6 is 11.8 Å². The summed E-state index contributed by atoms with van der Waals surface area (Å²) in [6, 6.07) is 17.0. The first kappa shape index (κ1) is 20.5. The summed E-state index contributed by atoms with van der Waals surface area (Å²) in [4.78, 5) is 23.5. The van der Waals surface area contributed by atoms with Gasteiger partial charge in [0.25, 0.3) is 0 Å². The van der Waals surface area contributed by atoms with Crippen molar-refractivity contribution >= 4 is 23.6 Å². The molecule has 0 aromatic heterocycles. The Morgan fingerprint density at radius 1 is 1.19 bits per heavy atom. The summed E-state index contributed by atoms with van der Waals surface area (Å²) in [6.07, 6.45) is 0.385. The Labute approximate surface area is 163 Å². The van der Waals surface area contributed by atoms with Crippen molar-refractivity contribution in [3.8, 4) is 6.07 Å². The largest absolute Gasteiger partial charge is 0.481 e. The van der Waals surface area contributed by atoms with Gasteiger partial charge in [0.1, 0.15) is 0 Å². The molecule has 140 valence electrons. The number of carboxylic acid groups (broad SMARTS) is 1. The maximum atomic E-state index is 12.0. The highest BCUT2D eigenvalue weighted by atomic mass is 32.2. The summed E-state index contributed by atoms with van der Waals surface area (Å²) >= 11 is 1.45. The molecule has 0 aliphatic carbocycles. The van der Waals surface area contributed by atoms with Crippen molar-refractivity contribution in [2.45, 2.75) is 19.1 Å². The first-order chi connectivity index (χ1) is 13.0. The van der Waals surface area contributed by atoms with E-state index in [1.807, 2.05) is 43.3 Å². The molecule has 1 atom stereocenters. The van der Waals surface area contributed by atoms with Gasteiger partial charge in [-0.25, -0.2) is 0 Å². The quantitative estimate of drug-likeness (QED) is 0.695. The molecule has 2 aromatic carbocycles. The second kappa shape index (κ2) is 10.4. The van der Waals surface area contributed by atoms with E-state index in [-0.39, 0.29) is 18.2 Å². The lowest BCUT2D eigenvalue weighted by molar-refractivity contribution is -0.141. The van der Waals surface area contributed by atoms with Crippen LogP contribution in [0, 0.1) is 24.2 Å². The predicted octanol–water partition coefficient (Wildman–Crippen LogP) is 3.16. The number of carboxylic acids is 1. The zero-order valence-corrected chi connectivity index (χ0v) is 16.0. The number of benzene rings is 2. The van der Waals surface area contributed by atoms with Crippen LogP contribution in [0.1, 0.15) is 22.3 Å². The fourth-order valence-electron chi connectivity index (χ4n) is 2.60. The van der Waals surface area contributed by atoms with Gasteiger partial charge in [0.05, 0.1) is 23.3 Å². The van der Waals surface area contributed by atoms with Crippen molar-refractivity contribution in [3.63, 3.8) is 0 Å². The summed E-state index contributed by atoms with van der Waals surface area (Å²) in [5, 5.41) is 20.9. The van der Waals surface area contributed by atoms with Crippen LogP contribution in [0.15, 0.2) is 48.5 Å². The van der Waals surface area contributed by atoms with E-state index in [4.69, 9.17) is 5.26 Å². The number of rotatable bonds is 9. The summed E-state index contributed by atoms with van der Waals surface area (Å²) in [5.74, 6) is -0.827. The highest BCUT2D eigenvalue weighted by molar-refractivity contribution is 7.99. The van der Waals surface area contributed by atoms with Gasteiger partial charge in [0, 0.05) is 12.3 Å². The lowest BCUT2D eigenvalue weighted by Gasteiger charge is -2.14. The van der Waals surface area contributed by atoms with Gasteiger partial charge in [0.15, 0.2) is 0 Å². The zero-order valence-electron chi connectivity index (χ0n) is 15.1. The normalized spacial score (nSPS) is 11.4. The molecule has 1 unspecified atom stereocenters. The first-order valence-electron chi connectivity index (χ1n) is 8.59. The molecule has 0 saturated heterocycles. The van der Waals surface area contributed by atoms with Crippen molar-refractivity contribution in [2.75, 3.05) is 12.3 Å². The number of hydrogen-bond donors (Lipinski definition) is 2. The maximum absolute atomic E-state index is 12.0. The second-order valence-electron chi connectivity index (χ2n) is 6.33. The van der Waals surface area contributed by atoms with Crippen LogP contribution in [-0.4, -0.2) is 29.3 Å². The van der Waals surface area contributed by atoms with Gasteiger partial charge >= 0.3 is 5.97 Å². The van der Waals surface area contributed by atoms with Crippen LogP contribution < -0.4 is 5.32 Å². The SMILES string of the molecule is Cc1cccc(CC(CNC(=O)CSCc2ccc(C#N)cc2)C(=O)O)c1. The van der Waals surface area contributed by atoms with Gasteiger partial charge in [-0.05, 0) is 36.6 Å². The Hall–Kier alpha value is -2.78. The zero-order chi connectivity index (χ0) is 19.6. The highest BCUT2D eigenvalue weighted by Crippen LogP contribution is 2.14. The molecule has 2 aromatic rings. The van der Waals surface area contributed by atoms with Crippen molar-refractivity contribution in [3.05, 3.63) is 70.8 Å². The number of amides is 1. The van der Waals surface area contributed by atoms with E-state index in [2.05, 4.69) is 11.4 Å².